The maximum absolute atomic E-state index is 12.6. The smallest absolute Gasteiger partial charge is 0.254 e. The van der Waals surface area contributed by atoms with E-state index in [4.69, 9.17) is 5.73 Å². The molecule has 98 valence electrons. The lowest BCUT2D eigenvalue weighted by atomic mass is 9.97. The normalized spacial score (nSPS) is 24.1. The van der Waals surface area contributed by atoms with E-state index in [1.165, 1.54) is 0 Å². The summed E-state index contributed by atoms with van der Waals surface area (Å²) in [5.74, 6) is 0.119. The highest BCUT2D eigenvalue weighted by Crippen LogP contribution is 2.22. The van der Waals surface area contributed by atoms with E-state index in [2.05, 4.69) is 22.9 Å². The second-order valence-electron chi connectivity index (χ2n) is 5.09. The standard InChI is InChI=1S/C14H19BrN2O/c1-9-3-4-11(15)8-13(9)14(18)17-6-5-12(16)7-10(17)2/h3-4,8,10,12H,5-7,16H2,1-2H3. The molecule has 1 aromatic rings. The monoisotopic (exact) mass is 310 g/mol. The molecule has 18 heavy (non-hydrogen) atoms. The number of hydrogen-bond donors (Lipinski definition) is 1. The zero-order valence-corrected chi connectivity index (χ0v) is 12.4. The molecule has 1 aliphatic heterocycles. The van der Waals surface area contributed by atoms with Crippen molar-refractivity contribution in [2.45, 2.75) is 38.8 Å². The molecule has 3 nitrogen and oxygen atoms in total. The highest BCUT2D eigenvalue weighted by Gasteiger charge is 2.28. The van der Waals surface area contributed by atoms with Crippen molar-refractivity contribution in [3.05, 3.63) is 33.8 Å². The van der Waals surface area contributed by atoms with Gasteiger partial charge < -0.3 is 10.6 Å². The molecular formula is C14H19BrN2O. The van der Waals surface area contributed by atoms with E-state index in [9.17, 15) is 4.79 Å². The van der Waals surface area contributed by atoms with Crippen molar-refractivity contribution in [3.63, 3.8) is 0 Å². The van der Waals surface area contributed by atoms with Crippen LogP contribution in [0, 0.1) is 6.92 Å². The number of nitrogens with zero attached hydrogens (tertiary/aromatic N) is 1. The Balaban J connectivity index is 2.23. The molecule has 1 saturated heterocycles. The maximum atomic E-state index is 12.6. The van der Waals surface area contributed by atoms with Crippen molar-refractivity contribution in [2.24, 2.45) is 5.73 Å². The summed E-state index contributed by atoms with van der Waals surface area (Å²) < 4.78 is 0.942. The predicted molar refractivity (Wildman–Crippen MR) is 76.6 cm³/mol. The van der Waals surface area contributed by atoms with E-state index in [1.54, 1.807) is 0 Å². The van der Waals surface area contributed by atoms with Gasteiger partial charge in [-0.25, -0.2) is 0 Å². The first-order chi connectivity index (χ1) is 8.49. The summed E-state index contributed by atoms with van der Waals surface area (Å²) in [5.41, 5.74) is 7.74. The number of carbonyl (C=O) groups excluding carboxylic acids is 1. The summed E-state index contributed by atoms with van der Waals surface area (Å²) in [6, 6.07) is 6.28. The van der Waals surface area contributed by atoms with E-state index < -0.39 is 0 Å². The fraction of sp³-hybridized carbons (Fsp3) is 0.500. The average molecular weight is 311 g/mol. The van der Waals surface area contributed by atoms with Gasteiger partial charge in [-0.3, -0.25) is 4.79 Å². The molecule has 2 rings (SSSR count). The first-order valence-corrected chi connectivity index (χ1v) is 7.11. The van der Waals surface area contributed by atoms with Crippen molar-refractivity contribution in [2.75, 3.05) is 6.54 Å². The zero-order chi connectivity index (χ0) is 13.3. The Bertz CT molecular complexity index is 461. The summed E-state index contributed by atoms with van der Waals surface area (Å²) in [5, 5.41) is 0. The van der Waals surface area contributed by atoms with E-state index in [-0.39, 0.29) is 18.0 Å². The largest absolute Gasteiger partial charge is 0.336 e. The number of aryl methyl sites for hydroxylation is 1. The summed E-state index contributed by atoms with van der Waals surface area (Å²) in [4.78, 5) is 14.5. The zero-order valence-electron chi connectivity index (χ0n) is 10.8. The van der Waals surface area contributed by atoms with Crippen LogP contribution in [0.1, 0.15) is 35.7 Å². The third kappa shape index (κ3) is 2.75. The number of benzene rings is 1. The van der Waals surface area contributed by atoms with Gasteiger partial charge in [-0.05, 0) is 44.4 Å². The van der Waals surface area contributed by atoms with E-state index >= 15 is 0 Å². The molecule has 1 aliphatic rings. The Morgan fingerprint density at radius 1 is 1.50 bits per heavy atom. The van der Waals surface area contributed by atoms with Crippen LogP contribution in [-0.4, -0.2) is 29.4 Å². The van der Waals surface area contributed by atoms with E-state index in [0.29, 0.717) is 0 Å². The topological polar surface area (TPSA) is 46.3 Å². The minimum atomic E-state index is 0.119. The molecule has 0 saturated carbocycles. The van der Waals surface area contributed by atoms with Crippen molar-refractivity contribution in [3.8, 4) is 0 Å². The molecule has 1 fully saturated rings. The van der Waals surface area contributed by atoms with Crippen LogP contribution >= 0.6 is 15.9 Å². The van der Waals surface area contributed by atoms with Crippen LogP contribution in [0.3, 0.4) is 0 Å². The average Bonchev–Trinajstić information content (AvgIpc) is 2.31. The van der Waals surface area contributed by atoms with Gasteiger partial charge in [0.05, 0.1) is 0 Å². The summed E-state index contributed by atoms with van der Waals surface area (Å²) >= 11 is 3.42. The van der Waals surface area contributed by atoms with Gasteiger partial charge in [0.1, 0.15) is 0 Å². The minimum Gasteiger partial charge on any atom is -0.336 e. The Morgan fingerprint density at radius 2 is 2.22 bits per heavy atom. The Labute approximate surface area is 116 Å². The number of amides is 1. The molecular weight excluding hydrogens is 292 g/mol. The number of piperidine rings is 1. The van der Waals surface area contributed by atoms with Gasteiger partial charge in [0.2, 0.25) is 0 Å². The van der Waals surface area contributed by atoms with Crippen LogP contribution in [0.15, 0.2) is 22.7 Å². The second kappa shape index (κ2) is 5.41. The van der Waals surface area contributed by atoms with Crippen LogP contribution in [0.2, 0.25) is 0 Å². The summed E-state index contributed by atoms with van der Waals surface area (Å²) in [6.45, 7) is 4.80. The van der Waals surface area contributed by atoms with Gasteiger partial charge in [-0.15, -0.1) is 0 Å². The highest BCUT2D eigenvalue weighted by molar-refractivity contribution is 9.10. The fourth-order valence-corrected chi connectivity index (χ4v) is 2.85. The quantitative estimate of drug-likeness (QED) is 0.867. The Hall–Kier alpha value is -0.870. The van der Waals surface area contributed by atoms with Crippen LogP contribution in [-0.2, 0) is 0 Å². The van der Waals surface area contributed by atoms with Crippen molar-refractivity contribution >= 4 is 21.8 Å². The molecule has 2 unspecified atom stereocenters. The summed E-state index contributed by atoms with van der Waals surface area (Å²) in [7, 11) is 0. The van der Waals surface area contributed by atoms with E-state index in [0.717, 1.165) is 35.0 Å². The molecule has 1 amide bonds. The summed E-state index contributed by atoms with van der Waals surface area (Å²) in [6.07, 6.45) is 1.78. The number of hydrogen-bond acceptors (Lipinski definition) is 2. The maximum Gasteiger partial charge on any atom is 0.254 e. The van der Waals surface area contributed by atoms with Crippen molar-refractivity contribution < 1.29 is 4.79 Å². The predicted octanol–water partition coefficient (Wildman–Crippen LogP) is 2.71. The molecule has 1 heterocycles. The molecule has 0 bridgehead atoms. The third-order valence-electron chi connectivity index (χ3n) is 3.61. The van der Waals surface area contributed by atoms with Gasteiger partial charge in [0.15, 0.2) is 0 Å². The number of likely N-dealkylation sites (tertiary alicyclic amines) is 1. The van der Waals surface area contributed by atoms with E-state index in [1.807, 2.05) is 30.0 Å². The van der Waals surface area contributed by atoms with Gasteiger partial charge in [-0.2, -0.15) is 0 Å². The van der Waals surface area contributed by atoms with Crippen LogP contribution in [0.5, 0.6) is 0 Å². The molecule has 0 aliphatic carbocycles. The molecule has 1 aromatic carbocycles. The molecule has 2 atom stereocenters. The van der Waals surface area contributed by atoms with Gasteiger partial charge in [0, 0.05) is 28.7 Å². The van der Waals surface area contributed by atoms with Crippen molar-refractivity contribution in [1.82, 2.24) is 4.90 Å². The Kier molecular flexibility index (Phi) is 4.07. The molecule has 0 spiro atoms. The van der Waals surface area contributed by atoms with Gasteiger partial charge in [-0.1, -0.05) is 22.0 Å². The lowest BCUT2D eigenvalue weighted by molar-refractivity contribution is 0.0618. The lowest BCUT2D eigenvalue weighted by Crippen LogP contribution is -2.48. The first-order valence-electron chi connectivity index (χ1n) is 6.31. The fourth-order valence-electron chi connectivity index (χ4n) is 2.49. The number of rotatable bonds is 1. The molecule has 4 heteroatoms. The van der Waals surface area contributed by atoms with Crippen LogP contribution in [0.4, 0.5) is 0 Å². The highest BCUT2D eigenvalue weighted by atomic mass is 79.9. The minimum absolute atomic E-state index is 0.119. The SMILES string of the molecule is Cc1ccc(Br)cc1C(=O)N1CCC(N)CC1C. The number of nitrogens with two attached hydrogens (primary N) is 1. The Morgan fingerprint density at radius 3 is 2.89 bits per heavy atom. The van der Waals surface area contributed by atoms with Gasteiger partial charge >= 0.3 is 0 Å². The molecule has 0 radical (unpaired) electrons. The third-order valence-corrected chi connectivity index (χ3v) is 4.10. The first kappa shape index (κ1) is 13.6. The van der Waals surface area contributed by atoms with Crippen LogP contribution < -0.4 is 5.73 Å². The number of halogens is 1. The number of carbonyl (C=O) groups is 1. The molecule has 0 aromatic heterocycles. The molecule has 2 N–H and O–H groups in total. The van der Waals surface area contributed by atoms with Crippen LogP contribution in [0.25, 0.3) is 0 Å². The van der Waals surface area contributed by atoms with Crippen molar-refractivity contribution in [1.29, 1.82) is 0 Å². The second-order valence-corrected chi connectivity index (χ2v) is 6.01. The lowest BCUT2D eigenvalue weighted by Gasteiger charge is -2.36. The van der Waals surface area contributed by atoms with Gasteiger partial charge in [0.25, 0.3) is 5.91 Å².